The van der Waals surface area contributed by atoms with E-state index in [2.05, 4.69) is 38.1 Å². The van der Waals surface area contributed by atoms with Crippen molar-refractivity contribution in [1.29, 1.82) is 0 Å². The second-order valence-corrected chi connectivity index (χ2v) is 10.0. The van der Waals surface area contributed by atoms with Gasteiger partial charge >= 0.3 is 0 Å². The molecule has 4 atom stereocenters. The van der Waals surface area contributed by atoms with Crippen LogP contribution in [0.3, 0.4) is 0 Å². The Bertz CT molecular complexity index is 581. The quantitative estimate of drug-likeness (QED) is 0.546. The van der Waals surface area contributed by atoms with E-state index in [-0.39, 0.29) is 23.5 Å². The number of hydrogen-bond acceptors (Lipinski definition) is 3. The molecule has 26 heavy (non-hydrogen) atoms. The second-order valence-electron chi connectivity index (χ2n) is 8.64. The molecule has 2 fully saturated rings. The summed E-state index contributed by atoms with van der Waals surface area (Å²) in [7, 11) is 0. The van der Waals surface area contributed by atoms with E-state index in [0.717, 1.165) is 25.7 Å². The van der Waals surface area contributed by atoms with E-state index in [1.165, 1.54) is 48.3 Å². The van der Waals surface area contributed by atoms with E-state index in [9.17, 15) is 10.2 Å². The SMILES string of the molecule is CCC1(C(O)C/C=C/C2[C@@H](CCCc3ccc(C)s3)CC[C@H]2O)CCC1. The normalized spacial score (nSPS) is 29.2. The number of aliphatic hydroxyl groups excluding tert-OH is 2. The third-order valence-electron chi connectivity index (χ3n) is 7.09. The molecule has 2 N–H and O–H groups in total. The molecule has 1 aromatic rings. The Labute approximate surface area is 163 Å². The first-order chi connectivity index (χ1) is 12.5. The van der Waals surface area contributed by atoms with Gasteiger partial charge < -0.3 is 10.2 Å². The van der Waals surface area contributed by atoms with Crippen molar-refractivity contribution in [3.63, 3.8) is 0 Å². The molecule has 2 aliphatic rings. The summed E-state index contributed by atoms with van der Waals surface area (Å²) in [5.41, 5.74) is 0.177. The van der Waals surface area contributed by atoms with Gasteiger partial charge in [-0.1, -0.05) is 25.5 Å². The van der Waals surface area contributed by atoms with Gasteiger partial charge in [0.15, 0.2) is 0 Å². The van der Waals surface area contributed by atoms with Crippen LogP contribution in [0.1, 0.15) is 74.5 Å². The Balaban J connectivity index is 1.47. The summed E-state index contributed by atoms with van der Waals surface area (Å²) in [5, 5.41) is 21.0. The summed E-state index contributed by atoms with van der Waals surface area (Å²) in [6.45, 7) is 4.38. The average molecular weight is 377 g/mol. The van der Waals surface area contributed by atoms with E-state index in [4.69, 9.17) is 0 Å². The Kier molecular flexibility index (Phi) is 6.98. The first-order valence-corrected chi connectivity index (χ1v) is 11.4. The van der Waals surface area contributed by atoms with Crippen molar-refractivity contribution in [2.75, 3.05) is 0 Å². The minimum absolute atomic E-state index is 0.177. The minimum atomic E-state index is -0.212. The molecule has 0 aliphatic heterocycles. The third kappa shape index (κ3) is 4.61. The van der Waals surface area contributed by atoms with Crippen molar-refractivity contribution in [1.82, 2.24) is 0 Å². The minimum Gasteiger partial charge on any atom is -0.393 e. The molecule has 0 amide bonds. The molecule has 0 spiro atoms. The van der Waals surface area contributed by atoms with Crippen LogP contribution in [0.2, 0.25) is 0 Å². The molecular formula is C23H36O2S. The number of thiophene rings is 1. The lowest BCUT2D eigenvalue weighted by Gasteiger charge is -2.45. The molecule has 2 aliphatic carbocycles. The number of hydrogen-bond donors (Lipinski definition) is 2. The molecule has 0 bridgehead atoms. The fourth-order valence-electron chi connectivity index (χ4n) is 5.03. The van der Waals surface area contributed by atoms with E-state index in [1.54, 1.807) is 0 Å². The largest absolute Gasteiger partial charge is 0.393 e. The molecule has 1 heterocycles. The van der Waals surface area contributed by atoms with E-state index in [1.807, 2.05) is 11.3 Å². The monoisotopic (exact) mass is 376 g/mol. The molecule has 3 heteroatoms. The molecule has 2 nitrogen and oxygen atoms in total. The Morgan fingerprint density at radius 3 is 2.73 bits per heavy atom. The highest BCUT2D eigenvalue weighted by Gasteiger charge is 2.41. The van der Waals surface area contributed by atoms with Gasteiger partial charge in [-0.15, -0.1) is 11.3 Å². The van der Waals surface area contributed by atoms with Crippen LogP contribution < -0.4 is 0 Å². The van der Waals surface area contributed by atoms with Crippen molar-refractivity contribution < 1.29 is 10.2 Å². The van der Waals surface area contributed by atoms with Gasteiger partial charge in [-0.3, -0.25) is 0 Å². The maximum atomic E-state index is 10.6. The van der Waals surface area contributed by atoms with Crippen molar-refractivity contribution in [2.24, 2.45) is 17.3 Å². The lowest BCUT2D eigenvalue weighted by Crippen LogP contribution is -2.40. The summed E-state index contributed by atoms with van der Waals surface area (Å²) < 4.78 is 0. The molecule has 0 radical (unpaired) electrons. The molecule has 0 saturated heterocycles. The highest BCUT2D eigenvalue weighted by atomic mass is 32.1. The van der Waals surface area contributed by atoms with Crippen LogP contribution in [-0.4, -0.2) is 22.4 Å². The summed E-state index contributed by atoms with van der Waals surface area (Å²) in [5.74, 6) is 0.884. The smallest absolute Gasteiger partial charge is 0.0630 e. The van der Waals surface area contributed by atoms with Crippen LogP contribution in [0.15, 0.2) is 24.3 Å². The molecule has 3 rings (SSSR count). The van der Waals surface area contributed by atoms with Gasteiger partial charge in [0.2, 0.25) is 0 Å². The van der Waals surface area contributed by atoms with Crippen LogP contribution in [0.25, 0.3) is 0 Å². The summed E-state index contributed by atoms with van der Waals surface area (Å²) >= 11 is 1.91. The van der Waals surface area contributed by atoms with Crippen LogP contribution in [0, 0.1) is 24.2 Å². The molecule has 1 aromatic heterocycles. The van der Waals surface area contributed by atoms with Gasteiger partial charge in [-0.2, -0.15) is 0 Å². The zero-order chi connectivity index (χ0) is 18.6. The highest BCUT2D eigenvalue weighted by molar-refractivity contribution is 7.11. The Morgan fingerprint density at radius 2 is 2.12 bits per heavy atom. The predicted octanol–water partition coefficient (Wildman–Crippen LogP) is 5.65. The number of aryl methyl sites for hydroxylation is 2. The average Bonchev–Trinajstić information content (AvgIpc) is 3.14. The van der Waals surface area contributed by atoms with Crippen molar-refractivity contribution >= 4 is 11.3 Å². The number of aliphatic hydroxyl groups is 2. The van der Waals surface area contributed by atoms with Gasteiger partial charge in [-0.25, -0.2) is 0 Å². The van der Waals surface area contributed by atoms with Crippen LogP contribution in [0.4, 0.5) is 0 Å². The summed E-state index contributed by atoms with van der Waals surface area (Å²) in [6, 6.07) is 4.47. The van der Waals surface area contributed by atoms with Gasteiger partial charge in [0.05, 0.1) is 12.2 Å². The number of rotatable bonds is 9. The van der Waals surface area contributed by atoms with Gasteiger partial charge in [0.1, 0.15) is 0 Å². The van der Waals surface area contributed by atoms with Crippen LogP contribution >= 0.6 is 11.3 Å². The molecule has 0 aromatic carbocycles. The fourth-order valence-corrected chi connectivity index (χ4v) is 5.96. The topological polar surface area (TPSA) is 40.5 Å². The Hall–Kier alpha value is -0.640. The van der Waals surface area contributed by atoms with Crippen LogP contribution in [-0.2, 0) is 6.42 Å². The molecule has 146 valence electrons. The van der Waals surface area contributed by atoms with Crippen LogP contribution in [0.5, 0.6) is 0 Å². The third-order valence-corrected chi connectivity index (χ3v) is 8.15. The Morgan fingerprint density at radius 1 is 1.31 bits per heavy atom. The van der Waals surface area contributed by atoms with E-state index in [0.29, 0.717) is 5.92 Å². The standard InChI is InChI=1S/C23H36O2S/c1-3-23(15-6-16-23)22(25)10-5-9-20-18(12-14-21(20)24)7-4-8-19-13-11-17(2)26-19/h5,9,11,13,18,20-22,24-25H,3-4,6-8,10,12,14-16H2,1-2H3/b9-5+/t18-,20?,21+,22?/m0/s1. The van der Waals surface area contributed by atoms with Crippen molar-refractivity contribution in [2.45, 2.75) is 90.3 Å². The second kappa shape index (κ2) is 9.03. The van der Waals surface area contributed by atoms with Crippen molar-refractivity contribution in [3.05, 3.63) is 34.0 Å². The predicted molar refractivity (Wildman–Crippen MR) is 111 cm³/mol. The lowest BCUT2D eigenvalue weighted by molar-refractivity contribution is -0.0355. The van der Waals surface area contributed by atoms with Gasteiger partial charge in [0.25, 0.3) is 0 Å². The van der Waals surface area contributed by atoms with Crippen molar-refractivity contribution in [3.8, 4) is 0 Å². The fraction of sp³-hybridized carbons (Fsp3) is 0.739. The maximum absolute atomic E-state index is 10.6. The lowest BCUT2D eigenvalue weighted by atomic mass is 9.63. The van der Waals surface area contributed by atoms with E-state index >= 15 is 0 Å². The summed E-state index contributed by atoms with van der Waals surface area (Å²) in [6.07, 6.45) is 15.1. The summed E-state index contributed by atoms with van der Waals surface area (Å²) in [4.78, 5) is 2.88. The van der Waals surface area contributed by atoms with E-state index < -0.39 is 0 Å². The van der Waals surface area contributed by atoms with Gasteiger partial charge in [0, 0.05) is 15.7 Å². The molecule has 2 unspecified atom stereocenters. The first-order valence-electron chi connectivity index (χ1n) is 10.6. The zero-order valence-corrected chi connectivity index (χ0v) is 17.3. The zero-order valence-electron chi connectivity index (χ0n) is 16.5. The first kappa shape index (κ1) is 20.1. The molecule has 2 saturated carbocycles. The maximum Gasteiger partial charge on any atom is 0.0630 e. The highest BCUT2D eigenvalue weighted by Crippen LogP contribution is 2.47. The molecular weight excluding hydrogens is 340 g/mol. The van der Waals surface area contributed by atoms with Gasteiger partial charge in [-0.05, 0) is 88.2 Å².